The molecule has 0 bridgehead atoms. The second-order valence-electron chi connectivity index (χ2n) is 9.91. The highest BCUT2D eigenvalue weighted by atomic mass is 35.5. The minimum Gasteiger partial charge on any atom is -0.496 e. The Morgan fingerprint density at radius 3 is 2.22 bits per heavy atom. The highest BCUT2D eigenvalue weighted by Gasteiger charge is 2.24. The molecule has 0 saturated heterocycles. The average molecular weight is 653 g/mol. The topological polar surface area (TPSA) is 111 Å². The quantitative estimate of drug-likeness (QED) is 0.0722. The van der Waals surface area contributed by atoms with E-state index in [4.69, 9.17) is 44.4 Å². The number of thioether (sulfide) groups is 1. The molecule has 236 valence electrons. The highest BCUT2D eigenvalue weighted by Crippen LogP contribution is 2.44. The molecule has 0 saturated carbocycles. The summed E-state index contributed by atoms with van der Waals surface area (Å²) < 4.78 is 40.0. The molecule has 0 aliphatic heterocycles. The number of aryl methyl sites for hydroxylation is 1. The maximum absolute atomic E-state index is 14.0. The molecule has 12 heteroatoms. The van der Waals surface area contributed by atoms with Gasteiger partial charge in [0, 0.05) is 28.1 Å². The molecular weight excluding hydrogens is 620 g/mol. The number of benzene rings is 3. The van der Waals surface area contributed by atoms with Crippen LogP contribution in [0.25, 0.3) is 33.2 Å². The zero-order chi connectivity index (χ0) is 32.1. The summed E-state index contributed by atoms with van der Waals surface area (Å²) in [7, 11) is 7.56. The van der Waals surface area contributed by atoms with Crippen LogP contribution in [0.5, 0.6) is 34.5 Å². The van der Waals surface area contributed by atoms with Crippen LogP contribution in [0, 0.1) is 6.92 Å². The van der Waals surface area contributed by atoms with E-state index in [0.717, 1.165) is 33.7 Å². The molecule has 2 heterocycles. The molecule has 0 unspecified atom stereocenters. The predicted octanol–water partition coefficient (Wildman–Crippen LogP) is 7.36. The summed E-state index contributed by atoms with van der Waals surface area (Å²) in [6, 6.07) is 10.4. The van der Waals surface area contributed by atoms with Crippen molar-refractivity contribution in [1.29, 1.82) is 0 Å². The molecule has 2 aromatic heterocycles. The van der Waals surface area contributed by atoms with Gasteiger partial charge in [-0.1, -0.05) is 11.6 Å². The Balaban J connectivity index is 1.44. The van der Waals surface area contributed by atoms with Gasteiger partial charge in [0.1, 0.15) is 33.8 Å². The molecule has 0 spiro atoms. The number of aromatic nitrogens is 2. The Hall–Kier alpha value is -4.35. The van der Waals surface area contributed by atoms with E-state index in [0.29, 0.717) is 45.8 Å². The van der Waals surface area contributed by atoms with Crippen molar-refractivity contribution in [3.05, 3.63) is 63.5 Å². The number of nitrogens with zero attached hydrogens (tertiary/aromatic N) is 2. The van der Waals surface area contributed by atoms with Crippen molar-refractivity contribution in [1.82, 2.24) is 9.97 Å². The first-order valence-corrected chi connectivity index (χ1v) is 15.4. The van der Waals surface area contributed by atoms with E-state index in [1.807, 2.05) is 19.1 Å². The van der Waals surface area contributed by atoms with Crippen molar-refractivity contribution in [2.45, 2.75) is 24.8 Å². The molecule has 0 aliphatic carbocycles. The summed E-state index contributed by atoms with van der Waals surface area (Å²) in [5.74, 6) is 3.01. The van der Waals surface area contributed by atoms with E-state index >= 15 is 0 Å². The average Bonchev–Trinajstić information content (AvgIpc) is 3.05. The van der Waals surface area contributed by atoms with Crippen molar-refractivity contribution in [2.24, 2.45) is 0 Å². The third kappa shape index (κ3) is 6.55. The third-order valence-corrected chi connectivity index (χ3v) is 8.46. The van der Waals surface area contributed by atoms with Gasteiger partial charge in [0.25, 0.3) is 0 Å². The van der Waals surface area contributed by atoms with Crippen LogP contribution in [0.3, 0.4) is 0 Å². The second-order valence-corrected chi connectivity index (χ2v) is 11.4. The molecule has 0 N–H and O–H groups in total. The first-order chi connectivity index (χ1) is 21.8. The monoisotopic (exact) mass is 652 g/mol. The van der Waals surface area contributed by atoms with E-state index in [-0.39, 0.29) is 34.5 Å². The van der Waals surface area contributed by atoms with Crippen LogP contribution >= 0.6 is 23.4 Å². The predicted molar refractivity (Wildman–Crippen MR) is 175 cm³/mol. The van der Waals surface area contributed by atoms with Crippen molar-refractivity contribution < 1.29 is 32.8 Å². The van der Waals surface area contributed by atoms with Crippen LogP contribution in [0.2, 0.25) is 5.02 Å². The van der Waals surface area contributed by atoms with Crippen LogP contribution in [0.15, 0.2) is 57.0 Å². The molecule has 0 fully saturated rings. The number of hydrogen-bond donors (Lipinski definition) is 0. The van der Waals surface area contributed by atoms with Crippen molar-refractivity contribution in [3.63, 3.8) is 0 Å². The second kappa shape index (κ2) is 14.2. The van der Waals surface area contributed by atoms with Crippen molar-refractivity contribution in [2.75, 3.05) is 47.9 Å². The van der Waals surface area contributed by atoms with E-state index in [9.17, 15) is 4.79 Å². The number of fused-ring (bicyclic) bond motifs is 2. The van der Waals surface area contributed by atoms with E-state index in [1.54, 1.807) is 42.4 Å². The summed E-state index contributed by atoms with van der Waals surface area (Å²) in [5, 5.41) is 2.69. The summed E-state index contributed by atoms with van der Waals surface area (Å²) in [5.41, 5.74) is 2.28. The van der Waals surface area contributed by atoms with Gasteiger partial charge >= 0.3 is 0 Å². The number of rotatable bonds is 13. The molecule has 0 atom stereocenters. The number of hydrogen-bond acceptors (Lipinski definition) is 11. The Labute approximate surface area is 269 Å². The van der Waals surface area contributed by atoms with Gasteiger partial charge in [-0.2, -0.15) is 0 Å². The van der Waals surface area contributed by atoms with Gasteiger partial charge in [0.05, 0.1) is 47.7 Å². The number of halogens is 1. The molecule has 45 heavy (non-hydrogen) atoms. The van der Waals surface area contributed by atoms with E-state index in [2.05, 4.69) is 9.97 Å². The fourth-order valence-electron chi connectivity index (χ4n) is 5.00. The Bertz CT molecular complexity index is 1890. The van der Waals surface area contributed by atoms with Crippen molar-refractivity contribution >= 4 is 45.2 Å². The summed E-state index contributed by atoms with van der Waals surface area (Å²) >= 11 is 7.92. The smallest absolute Gasteiger partial charge is 0.239 e. The van der Waals surface area contributed by atoms with Crippen molar-refractivity contribution in [3.8, 4) is 45.8 Å². The van der Waals surface area contributed by atoms with Crippen LogP contribution in [-0.4, -0.2) is 57.9 Å². The van der Waals surface area contributed by atoms with Crippen LogP contribution in [0.1, 0.15) is 18.4 Å². The first-order valence-electron chi connectivity index (χ1n) is 14.0. The third-order valence-electron chi connectivity index (χ3n) is 7.15. The van der Waals surface area contributed by atoms with E-state index < -0.39 is 0 Å². The van der Waals surface area contributed by atoms with Crippen LogP contribution in [0.4, 0.5) is 0 Å². The lowest BCUT2D eigenvalue weighted by atomic mass is 10.1. The minimum absolute atomic E-state index is 0.0415. The summed E-state index contributed by atoms with van der Waals surface area (Å²) in [4.78, 5) is 22.9. The van der Waals surface area contributed by atoms with Gasteiger partial charge in [-0.25, -0.2) is 9.97 Å². The van der Waals surface area contributed by atoms with Gasteiger partial charge in [-0.3, -0.25) is 4.79 Å². The van der Waals surface area contributed by atoms with Crippen LogP contribution in [-0.2, 0) is 0 Å². The van der Waals surface area contributed by atoms with E-state index in [1.165, 1.54) is 35.5 Å². The molecule has 10 nitrogen and oxygen atoms in total. The summed E-state index contributed by atoms with van der Waals surface area (Å²) in [6.07, 6.45) is 3.04. The maximum Gasteiger partial charge on any atom is 0.239 e. The summed E-state index contributed by atoms with van der Waals surface area (Å²) in [6.45, 7) is 2.25. The van der Waals surface area contributed by atoms with Crippen LogP contribution < -0.4 is 33.8 Å². The normalized spacial score (nSPS) is 11.1. The lowest BCUT2D eigenvalue weighted by Crippen LogP contribution is -2.12. The maximum atomic E-state index is 14.0. The minimum atomic E-state index is -0.381. The fraction of sp³-hybridized carbons (Fsp3) is 0.303. The van der Waals surface area contributed by atoms with Gasteiger partial charge in [0.15, 0.2) is 17.3 Å². The lowest BCUT2D eigenvalue weighted by Gasteiger charge is -2.17. The first kappa shape index (κ1) is 32.1. The van der Waals surface area contributed by atoms with Gasteiger partial charge < -0.3 is 32.8 Å². The molecule has 3 aromatic carbocycles. The molecule has 0 amide bonds. The lowest BCUT2D eigenvalue weighted by molar-refractivity contribution is 0.301. The number of unbranched alkanes of at least 4 members (excludes halogenated alkanes) is 1. The Morgan fingerprint density at radius 1 is 0.822 bits per heavy atom. The van der Waals surface area contributed by atoms with Gasteiger partial charge in [0.2, 0.25) is 16.9 Å². The molecule has 5 rings (SSSR count). The number of methoxy groups -OCH3 is 5. The molecule has 0 radical (unpaired) electrons. The fourth-order valence-corrected chi connectivity index (χ4v) is 6.24. The molecule has 0 aliphatic rings. The molecule has 5 aromatic rings. The zero-order valence-electron chi connectivity index (χ0n) is 25.8. The molecular formula is C33H33ClN2O8S. The van der Waals surface area contributed by atoms with Gasteiger partial charge in [-0.05, 0) is 55.3 Å². The Morgan fingerprint density at radius 2 is 1.56 bits per heavy atom. The Kier molecular flexibility index (Phi) is 10.1. The SMILES string of the molecule is COc1cc(OC)c2c(=O)c(OCCCCSc3ncnc4c(C)cc(Cl)cc34)c(-c3cc(OC)c(OC)c(OC)c3)oc2c1. The number of ether oxygens (including phenoxy) is 6. The standard InChI is InChI=1S/C33H33ClN2O8S/c1-18-11-20(34)14-22-28(18)35-17-36-33(22)45-10-8-7-9-43-32-29(37)27-23(39-3)15-21(38-2)16-24(27)44-30(32)19-12-25(40-4)31(42-6)26(13-19)41-5/h11-17H,7-10H2,1-6H3. The largest absolute Gasteiger partial charge is 0.496 e. The zero-order valence-corrected chi connectivity index (χ0v) is 27.4. The van der Waals surface area contributed by atoms with Gasteiger partial charge in [-0.15, -0.1) is 11.8 Å². The highest BCUT2D eigenvalue weighted by molar-refractivity contribution is 7.99.